The third-order valence-electron chi connectivity index (χ3n) is 1.86. The lowest BCUT2D eigenvalue weighted by molar-refractivity contribution is 0.491. The minimum Gasteiger partial charge on any atom is -0.386 e. The fourth-order valence-electron chi connectivity index (χ4n) is 1.18. The zero-order valence-electron chi connectivity index (χ0n) is 6.74. The number of halogens is 4. The van der Waals surface area contributed by atoms with Crippen LogP contribution in [0.4, 0.5) is 0 Å². The summed E-state index contributed by atoms with van der Waals surface area (Å²) in [7, 11) is 0. The third-order valence-corrected chi connectivity index (χ3v) is 6.09. The van der Waals surface area contributed by atoms with Crippen molar-refractivity contribution in [2.45, 2.75) is 0 Å². The summed E-state index contributed by atoms with van der Waals surface area (Å²) in [6.45, 7) is 0. The van der Waals surface area contributed by atoms with Crippen LogP contribution >= 0.6 is 63.7 Å². The Morgan fingerprint density at radius 2 is 0.933 bits per heavy atom. The second-order valence-corrected chi connectivity index (χ2v) is 5.85. The van der Waals surface area contributed by atoms with Crippen molar-refractivity contribution in [1.29, 1.82) is 0 Å². The fourth-order valence-corrected chi connectivity index (χ4v) is 3.94. The second kappa shape index (κ2) is 3.94. The average molecular weight is 464 g/mol. The van der Waals surface area contributed by atoms with Gasteiger partial charge in [0.25, 0.3) is 0 Å². The van der Waals surface area contributed by atoms with Crippen LogP contribution < -0.4 is 11.3 Å². The lowest BCUT2D eigenvalue weighted by atomic mass is 10.2. The molecule has 7 heteroatoms. The molecular formula is C8Br4O3. The van der Waals surface area contributed by atoms with Crippen LogP contribution in [0.25, 0.3) is 10.8 Å². The molecule has 0 amide bonds. The molecule has 0 atom stereocenters. The summed E-state index contributed by atoms with van der Waals surface area (Å²) >= 11 is 12.9. The van der Waals surface area contributed by atoms with Gasteiger partial charge in [-0.05, 0) is 63.7 Å². The second-order valence-electron chi connectivity index (χ2n) is 2.68. The molecule has 2 heterocycles. The summed E-state index contributed by atoms with van der Waals surface area (Å²) in [5.41, 5.74) is -1.36. The molecule has 2 aromatic heterocycles. The van der Waals surface area contributed by atoms with E-state index in [9.17, 15) is 9.59 Å². The van der Waals surface area contributed by atoms with Gasteiger partial charge < -0.3 is 4.42 Å². The molecule has 1 aromatic carbocycles. The first-order valence-corrected chi connectivity index (χ1v) is 6.74. The predicted molar refractivity (Wildman–Crippen MR) is 70.7 cm³/mol. The Labute approximate surface area is 117 Å². The van der Waals surface area contributed by atoms with Gasteiger partial charge in [-0.3, -0.25) is 0 Å². The standard InChI is InChI=1S/C8Br4O3/c9-3-1-4(10)6(12)2(5(3)11)8(14)15-7(1)13. The van der Waals surface area contributed by atoms with Gasteiger partial charge >= 0.3 is 11.3 Å². The van der Waals surface area contributed by atoms with Gasteiger partial charge in [0, 0.05) is 17.9 Å². The number of hydrogen-bond donors (Lipinski definition) is 0. The molecule has 0 N–H and O–H groups in total. The smallest absolute Gasteiger partial charge is 0.348 e. The molecule has 0 spiro atoms. The molecule has 0 aliphatic rings. The zero-order chi connectivity index (χ0) is 11.3. The van der Waals surface area contributed by atoms with Crippen molar-refractivity contribution in [2.75, 3.05) is 0 Å². The maximum absolute atomic E-state index is 11.5. The van der Waals surface area contributed by atoms with Crippen molar-refractivity contribution in [1.82, 2.24) is 0 Å². The molecule has 0 aliphatic heterocycles. The predicted octanol–water partition coefficient (Wildman–Crippen LogP) is 3.64. The van der Waals surface area contributed by atoms with Gasteiger partial charge in [0.2, 0.25) is 0 Å². The summed E-state index contributed by atoms with van der Waals surface area (Å²) in [4.78, 5) is 23.1. The van der Waals surface area contributed by atoms with Crippen LogP contribution in [0, 0.1) is 0 Å². The Kier molecular flexibility index (Phi) is 3.09. The summed E-state index contributed by atoms with van der Waals surface area (Å²) in [5.74, 6) is 0. The quantitative estimate of drug-likeness (QED) is 0.561. The van der Waals surface area contributed by atoms with Crippen molar-refractivity contribution in [3.63, 3.8) is 0 Å². The summed E-state index contributed by atoms with van der Waals surface area (Å²) < 4.78 is 6.64. The van der Waals surface area contributed by atoms with E-state index in [1.54, 1.807) is 0 Å². The SMILES string of the molecule is O=c1oc(=O)c2c(Br)c(Br)c1c(Br)c2Br. The lowest BCUT2D eigenvalue weighted by Crippen LogP contribution is -2.02. The van der Waals surface area contributed by atoms with Gasteiger partial charge in [-0.25, -0.2) is 9.59 Å². The largest absolute Gasteiger partial charge is 0.386 e. The molecular weight excluding hydrogens is 464 g/mol. The minimum atomic E-state index is -0.680. The van der Waals surface area contributed by atoms with E-state index >= 15 is 0 Å². The van der Waals surface area contributed by atoms with Gasteiger partial charge in [0.1, 0.15) is 0 Å². The molecule has 0 saturated carbocycles. The van der Waals surface area contributed by atoms with E-state index in [-0.39, 0.29) is 10.8 Å². The Bertz CT molecular complexity index is 573. The molecule has 0 aliphatic carbocycles. The van der Waals surface area contributed by atoms with Crippen LogP contribution in [0.1, 0.15) is 0 Å². The van der Waals surface area contributed by atoms with Crippen molar-refractivity contribution in [3.8, 4) is 0 Å². The molecule has 3 rings (SSSR count). The van der Waals surface area contributed by atoms with Gasteiger partial charge in [-0.1, -0.05) is 0 Å². The highest BCUT2D eigenvalue weighted by molar-refractivity contribution is 9.14. The van der Waals surface area contributed by atoms with E-state index in [4.69, 9.17) is 0 Å². The van der Waals surface area contributed by atoms with Crippen molar-refractivity contribution >= 4 is 74.5 Å². The summed E-state index contributed by atoms with van der Waals surface area (Å²) in [5, 5.41) is 0.562. The Morgan fingerprint density at radius 1 is 0.667 bits per heavy atom. The first-order chi connectivity index (χ1) is 6.95. The molecule has 15 heavy (non-hydrogen) atoms. The number of rotatable bonds is 0. The van der Waals surface area contributed by atoms with E-state index in [1.807, 2.05) is 0 Å². The summed E-state index contributed by atoms with van der Waals surface area (Å²) in [6, 6.07) is 0. The van der Waals surface area contributed by atoms with Gasteiger partial charge in [-0.15, -0.1) is 0 Å². The molecule has 78 valence electrons. The normalized spacial score (nSPS) is 11.2. The van der Waals surface area contributed by atoms with E-state index in [1.165, 1.54) is 0 Å². The zero-order valence-corrected chi connectivity index (χ0v) is 13.1. The van der Waals surface area contributed by atoms with Crippen LogP contribution in [0.15, 0.2) is 31.9 Å². The maximum Gasteiger partial charge on any atom is 0.348 e. The first-order valence-electron chi connectivity index (χ1n) is 3.57. The third kappa shape index (κ3) is 1.64. The molecule has 0 radical (unpaired) electrons. The molecule has 0 saturated heterocycles. The highest BCUT2D eigenvalue weighted by atomic mass is 79.9. The molecule has 3 nitrogen and oxygen atoms in total. The molecule has 3 aromatic rings. The number of hydrogen-bond acceptors (Lipinski definition) is 3. The highest BCUT2D eigenvalue weighted by Crippen LogP contribution is 2.40. The lowest BCUT2D eigenvalue weighted by Gasteiger charge is -2.02. The molecule has 0 unspecified atom stereocenters. The van der Waals surface area contributed by atoms with Crippen LogP contribution in [0.5, 0.6) is 0 Å². The van der Waals surface area contributed by atoms with Crippen LogP contribution in [0.3, 0.4) is 0 Å². The fraction of sp³-hybridized carbons (Fsp3) is 0. The van der Waals surface area contributed by atoms with Crippen molar-refractivity contribution in [2.24, 2.45) is 0 Å². The van der Waals surface area contributed by atoms with Gasteiger partial charge in [-0.2, -0.15) is 0 Å². The maximum atomic E-state index is 11.5. The van der Waals surface area contributed by atoms with Gasteiger partial charge in [0.15, 0.2) is 0 Å². The molecule has 2 bridgehead atoms. The molecule has 0 fully saturated rings. The highest BCUT2D eigenvalue weighted by Gasteiger charge is 2.20. The average Bonchev–Trinajstić information content (AvgIpc) is 2.27. The Balaban J connectivity index is 3.39. The Morgan fingerprint density at radius 3 is 1.20 bits per heavy atom. The van der Waals surface area contributed by atoms with E-state index in [0.717, 1.165) is 0 Å². The topological polar surface area (TPSA) is 47.3 Å². The minimum absolute atomic E-state index is 0.281. The Hall–Kier alpha value is 0.280. The number of benzene rings is 1. The monoisotopic (exact) mass is 460 g/mol. The van der Waals surface area contributed by atoms with E-state index < -0.39 is 11.3 Å². The van der Waals surface area contributed by atoms with Crippen molar-refractivity contribution < 1.29 is 4.42 Å². The van der Waals surface area contributed by atoms with Crippen molar-refractivity contribution in [3.05, 3.63) is 38.7 Å². The van der Waals surface area contributed by atoms with E-state index in [0.29, 0.717) is 17.9 Å². The number of fused-ring (bicyclic) bond motifs is 4. The van der Waals surface area contributed by atoms with Gasteiger partial charge in [0.05, 0.1) is 10.8 Å². The summed E-state index contributed by atoms with van der Waals surface area (Å²) in [6.07, 6.45) is 0. The van der Waals surface area contributed by atoms with E-state index in [2.05, 4.69) is 68.1 Å². The van der Waals surface area contributed by atoms with Crippen LogP contribution in [-0.4, -0.2) is 0 Å². The first kappa shape index (κ1) is 11.8. The van der Waals surface area contributed by atoms with Crippen LogP contribution in [-0.2, 0) is 0 Å². The van der Waals surface area contributed by atoms with Crippen LogP contribution in [0.2, 0.25) is 0 Å².